The lowest BCUT2D eigenvalue weighted by atomic mass is 10.1. The SMILES string of the molecule is O=C(Nc1ccccc1C(F)(F)F)NC1CCCCCC1. The molecule has 1 saturated carbocycles. The van der Waals surface area contributed by atoms with Crippen molar-refractivity contribution < 1.29 is 18.0 Å². The van der Waals surface area contributed by atoms with E-state index in [4.69, 9.17) is 0 Å². The number of benzene rings is 1. The zero-order valence-corrected chi connectivity index (χ0v) is 11.7. The maximum Gasteiger partial charge on any atom is 0.418 e. The first kappa shape index (κ1) is 15.7. The molecule has 0 heterocycles. The molecule has 6 heteroatoms. The highest BCUT2D eigenvalue weighted by atomic mass is 19.4. The van der Waals surface area contributed by atoms with Crippen molar-refractivity contribution in [2.75, 3.05) is 5.32 Å². The number of alkyl halides is 3. The van der Waals surface area contributed by atoms with Crippen LogP contribution in [0.1, 0.15) is 44.1 Å². The molecule has 0 aliphatic heterocycles. The van der Waals surface area contributed by atoms with Gasteiger partial charge in [0.05, 0.1) is 11.3 Å². The second-order valence-corrected chi connectivity index (χ2v) is 5.33. The summed E-state index contributed by atoms with van der Waals surface area (Å²) in [6.07, 6.45) is 1.68. The number of nitrogens with one attached hydrogen (secondary N) is 2. The second kappa shape index (κ2) is 6.83. The predicted molar refractivity (Wildman–Crippen MR) is 75.1 cm³/mol. The molecule has 1 fully saturated rings. The molecule has 2 rings (SSSR count). The molecule has 2 N–H and O–H groups in total. The van der Waals surface area contributed by atoms with Gasteiger partial charge in [-0.1, -0.05) is 37.8 Å². The smallest absolute Gasteiger partial charge is 0.335 e. The molecule has 3 nitrogen and oxygen atoms in total. The molecular weight excluding hydrogens is 281 g/mol. The number of rotatable bonds is 2. The van der Waals surface area contributed by atoms with Crippen LogP contribution in [0.2, 0.25) is 0 Å². The summed E-state index contributed by atoms with van der Waals surface area (Å²) < 4.78 is 38.5. The van der Waals surface area contributed by atoms with Gasteiger partial charge in [0, 0.05) is 6.04 Å². The number of para-hydroxylation sites is 1. The molecule has 0 unspecified atom stereocenters. The third-order valence-electron chi connectivity index (χ3n) is 3.67. The first-order chi connectivity index (χ1) is 9.97. The fourth-order valence-electron chi connectivity index (χ4n) is 2.61. The van der Waals surface area contributed by atoms with Crippen LogP contribution in [0.5, 0.6) is 0 Å². The van der Waals surface area contributed by atoms with Gasteiger partial charge in [-0.15, -0.1) is 0 Å². The highest BCUT2D eigenvalue weighted by Crippen LogP contribution is 2.34. The van der Waals surface area contributed by atoms with Crippen LogP contribution < -0.4 is 10.6 Å². The molecule has 0 atom stereocenters. The fourth-order valence-corrected chi connectivity index (χ4v) is 2.61. The minimum atomic E-state index is -4.48. The maximum absolute atomic E-state index is 12.8. The Labute approximate surface area is 121 Å². The molecule has 1 aromatic carbocycles. The van der Waals surface area contributed by atoms with Gasteiger partial charge in [0.25, 0.3) is 0 Å². The van der Waals surface area contributed by atoms with Crippen molar-refractivity contribution in [3.05, 3.63) is 29.8 Å². The number of urea groups is 1. The van der Waals surface area contributed by atoms with Crippen LogP contribution in [0.4, 0.5) is 23.7 Å². The molecule has 0 radical (unpaired) electrons. The molecule has 0 aromatic heterocycles. The van der Waals surface area contributed by atoms with Crippen molar-refractivity contribution in [3.8, 4) is 0 Å². The van der Waals surface area contributed by atoms with E-state index in [9.17, 15) is 18.0 Å². The number of carbonyl (C=O) groups is 1. The molecule has 0 spiro atoms. The van der Waals surface area contributed by atoms with Gasteiger partial charge in [-0.25, -0.2) is 4.79 Å². The molecule has 21 heavy (non-hydrogen) atoms. The van der Waals surface area contributed by atoms with E-state index in [2.05, 4.69) is 10.6 Å². The number of amides is 2. The van der Waals surface area contributed by atoms with Crippen LogP contribution in [0.15, 0.2) is 24.3 Å². The van der Waals surface area contributed by atoms with E-state index in [1.807, 2.05) is 0 Å². The van der Waals surface area contributed by atoms with Crippen LogP contribution in [0, 0.1) is 0 Å². The van der Waals surface area contributed by atoms with Crippen LogP contribution in [0.25, 0.3) is 0 Å². The van der Waals surface area contributed by atoms with Gasteiger partial charge in [-0.2, -0.15) is 13.2 Å². The number of hydrogen-bond donors (Lipinski definition) is 2. The molecule has 0 bridgehead atoms. The normalized spacial score (nSPS) is 17.1. The number of hydrogen-bond acceptors (Lipinski definition) is 1. The molecule has 2 amide bonds. The van der Waals surface area contributed by atoms with E-state index < -0.39 is 17.8 Å². The number of anilines is 1. The van der Waals surface area contributed by atoms with E-state index >= 15 is 0 Å². The van der Waals surface area contributed by atoms with Crippen molar-refractivity contribution in [1.82, 2.24) is 5.32 Å². The van der Waals surface area contributed by atoms with Crippen molar-refractivity contribution in [2.24, 2.45) is 0 Å². The van der Waals surface area contributed by atoms with Crippen LogP contribution in [-0.2, 0) is 6.18 Å². The Balaban J connectivity index is 1.99. The van der Waals surface area contributed by atoms with E-state index in [0.717, 1.165) is 44.6 Å². The van der Waals surface area contributed by atoms with Crippen molar-refractivity contribution in [2.45, 2.75) is 50.7 Å². The summed E-state index contributed by atoms with van der Waals surface area (Å²) in [6, 6.07) is 4.47. The first-order valence-electron chi connectivity index (χ1n) is 7.20. The Morgan fingerprint density at radius 3 is 2.29 bits per heavy atom. The van der Waals surface area contributed by atoms with E-state index in [-0.39, 0.29) is 11.7 Å². The Kier molecular flexibility index (Phi) is 5.09. The lowest BCUT2D eigenvalue weighted by Gasteiger charge is -2.18. The fraction of sp³-hybridized carbons (Fsp3) is 0.533. The summed E-state index contributed by atoms with van der Waals surface area (Å²) >= 11 is 0. The molecule has 0 saturated heterocycles. The topological polar surface area (TPSA) is 41.1 Å². The minimum Gasteiger partial charge on any atom is -0.335 e. The third-order valence-corrected chi connectivity index (χ3v) is 3.67. The summed E-state index contributed by atoms with van der Waals surface area (Å²) in [6.45, 7) is 0. The first-order valence-corrected chi connectivity index (χ1v) is 7.20. The molecule has 1 aromatic rings. The summed E-state index contributed by atoms with van der Waals surface area (Å²) in [7, 11) is 0. The molecule has 116 valence electrons. The van der Waals surface area contributed by atoms with Crippen molar-refractivity contribution in [3.63, 3.8) is 0 Å². The molecule has 1 aliphatic rings. The van der Waals surface area contributed by atoms with Crippen LogP contribution in [-0.4, -0.2) is 12.1 Å². The highest BCUT2D eigenvalue weighted by Gasteiger charge is 2.33. The number of halogens is 3. The van der Waals surface area contributed by atoms with Crippen LogP contribution >= 0.6 is 0 Å². The van der Waals surface area contributed by atoms with Crippen molar-refractivity contribution in [1.29, 1.82) is 0 Å². The van der Waals surface area contributed by atoms with E-state index in [0.29, 0.717) is 0 Å². The minimum absolute atomic E-state index is 0.0468. The molecule has 1 aliphatic carbocycles. The quantitative estimate of drug-likeness (QED) is 0.773. The van der Waals surface area contributed by atoms with Crippen molar-refractivity contribution >= 4 is 11.7 Å². The molecular formula is C15H19F3N2O. The van der Waals surface area contributed by atoms with Gasteiger partial charge in [0.2, 0.25) is 0 Å². The van der Waals surface area contributed by atoms with Gasteiger partial charge >= 0.3 is 12.2 Å². The third kappa shape index (κ3) is 4.65. The standard InChI is InChI=1S/C15H19F3N2O/c16-15(17,18)12-9-5-6-10-13(12)20-14(21)19-11-7-3-1-2-4-8-11/h5-6,9-11H,1-4,7-8H2,(H2,19,20,21). The summed E-state index contributed by atoms with van der Waals surface area (Å²) in [5.41, 5.74) is -1.04. The zero-order valence-electron chi connectivity index (χ0n) is 11.7. The van der Waals surface area contributed by atoms with Gasteiger partial charge in [-0.05, 0) is 25.0 Å². The predicted octanol–water partition coefficient (Wildman–Crippen LogP) is 4.55. The van der Waals surface area contributed by atoms with Crippen LogP contribution in [0.3, 0.4) is 0 Å². The average Bonchev–Trinajstić information content (AvgIpc) is 2.66. The average molecular weight is 300 g/mol. The largest absolute Gasteiger partial charge is 0.418 e. The highest BCUT2D eigenvalue weighted by molar-refractivity contribution is 5.90. The Bertz CT molecular complexity index is 480. The lowest BCUT2D eigenvalue weighted by Crippen LogP contribution is -2.38. The second-order valence-electron chi connectivity index (χ2n) is 5.33. The number of carbonyl (C=O) groups excluding carboxylic acids is 1. The van der Waals surface area contributed by atoms with E-state index in [1.165, 1.54) is 18.2 Å². The van der Waals surface area contributed by atoms with Gasteiger partial charge in [0.1, 0.15) is 0 Å². The van der Waals surface area contributed by atoms with E-state index in [1.54, 1.807) is 0 Å². The van der Waals surface area contributed by atoms with Gasteiger partial charge in [-0.3, -0.25) is 0 Å². The van der Waals surface area contributed by atoms with Gasteiger partial charge < -0.3 is 10.6 Å². The maximum atomic E-state index is 12.8. The summed E-state index contributed by atoms with van der Waals surface area (Å²) in [5.74, 6) is 0. The zero-order chi connectivity index (χ0) is 15.3. The monoisotopic (exact) mass is 300 g/mol. The van der Waals surface area contributed by atoms with Gasteiger partial charge in [0.15, 0.2) is 0 Å². The summed E-state index contributed by atoms with van der Waals surface area (Å²) in [4.78, 5) is 11.9. The Morgan fingerprint density at radius 2 is 1.67 bits per heavy atom. The Morgan fingerprint density at radius 1 is 1.05 bits per heavy atom. The summed E-state index contributed by atoms with van der Waals surface area (Å²) in [5, 5.41) is 5.08. The lowest BCUT2D eigenvalue weighted by molar-refractivity contribution is -0.136. The Hall–Kier alpha value is -1.72.